The van der Waals surface area contributed by atoms with E-state index in [0.29, 0.717) is 36.1 Å². The van der Waals surface area contributed by atoms with Crippen molar-refractivity contribution in [2.24, 2.45) is 11.8 Å². The summed E-state index contributed by atoms with van der Waals surface area (Å²) in [6, 6.07) is -1.22. The number of β-lactam (4-membered cyclic amide) rings is 1. The highest BCUT2D eigenvalue weighted by molar-refractivity contribution is 6.09. The maximum absolute atomic E-state index is 13.8. The third kappa shape index (κ3) is 5.22. The molecule has 11 heteroatoms. The van der Waals surface area contributed by atoms with Gasteiger partial charge in [-0.25, -0.2) is 9.78 Å². The molecule has 4 amide bonds. The number of hydrogen-bond acceptors (Lipinski definition) is 5. The van der Waals surface area contributed by atoms with Crippen molar-refractivity contribution in [3.05, 3.63) is 23.9 Å². The van der Waals surface area contributed by atoms with Crippen molar-refractivity contribution in [3.63, 3.8) is 0 Å². The standard InChI is InChI=1S/C22H28F3N5O3/c23-22(24,25)18(13-4-2-1-3-5-13)29-21(33)30-17(19(31)28-14-6-7-14)15(20(30)32)10-12-8-9-27-16(26)11-12/h8-9,11,13-15,17-18H,1-7,10H2,(H2,26,27)(H,28,31)(H,29,33)/t15-,17?,18?/m1/s1. The highest BCUT2D eigenvalue weighted by atomic mass is 19.4. The molecule has 3 aliphatic rings. The van der Waals surface area contributed by atoms with Crippen LogP contribution in [-0.4, -0.2) is 52.0 Å². The second-order valence-electron chi connectivity index (χ2n) is 9.20. The zero-order chi connectivity index (χ0) is 23.8. The van der Waals surface area contributed by atoms with E-state index in [0.717, 1.165) is 19.3 Å². The molecule has 180 valence electrons. The number of amides is 4. The van der Waals surface area contributed by atoms with Crippen molar-refractivity contribution in [1.82, 2.24) is 20.5 Å². The Kier molecular flexibility index (Phi) is 6.49. The number of anilines is 1. The highest BCUT2D eigenvalue weighted by Gasteiger charge is 2.56. The van der Waals surface area contributed by atoms with Gasteiger partial charge in [0, 0.05) is 12.2 Å². The average Bonchev–Trinajstić information content (AvgIpc) is 3.57. The van der Waals surface area contributed by atoms with Gasteiger partial charge < -0.3 is 16.4 Å². The van der Waals surface area contributed by atoms with Crippen molar-refractivity contribution in [3.8, 4) is 0 Å². The fourth-order valence-electron chi connectivity index (χ4n) is 4.80. The highest BCUT2D eigenvalue weighted by Crippen LogP contribution is 2.36. The SMILES string of the molecule is Nc1cc(C[C@H]2C(=O)N(C(=O)NC(C3CCCCC3)C(F)(F)F)C2C(=O)NC2CC2)ccn1. The van der Waals surface area contributed by atoms with E-state index in [1.165, 1.54) is 6.20 Å². The first-order valence-electron chi connectivity index (χ1n) is 11.4. The Morgan fingerprint density at radius 1 is 1.18 bits per heavy atom. The van der Waals surface area contributed by atoms with E-state index < -0.39 is 47.9 Å². The normalized spacial score (nSPS) is 24.7. The number of rotatable bonds is 6. The molecule has 0 aromatic carbocycles. The minimum atomic E-state index is -4.65. The number of urea groups is 1. The smallest absolute Gasteiger partial charge is 0.384 e. The van der Waals surface area contributed by atoms with E-state index in [4.69, 9.17) is 5.73 Å². The third-order valence-corrected chi connectivity index (χ3v) is 6.68. The van der Waals surface area contributed by atoms with Crippen LogP contribution in [0.3, 0.4) is 0 Å². The molecule has 2 heterocycles. The van der Waals surface area contributed by atoms with Crippen molar-refractivity contribution in [2.75, 3.05) is 5.73 Å². The monoisotopic (exact) mass is 467 g/mol. The van der Waals surface area contributed by atoms with Crippen molar-refractivity contribution in [1.29, 1.82) is 0 Å². The van der Waals surface area contributed by atoms with Crippen LogP contribution >= 0.6 is 0 Å². The Hall–Kier alpha value is -2.85. The summed E-state index contributed by atoms with van der Waals surface area (Å²) in [5.74, 6) is -2.57. The molecule has 0 radical (unpaired) electrons. The lowest BCUT2D eigenvalue weighted by Crippen LogP contribution is -2.71. The zero-order valence-corrected chi connectivity index (χ0v) is 18.1. The lowest BCUT2D eigenvalue weighted by atomic mass is 9.81. The molecule has 1 aliphatic heterocycles. The van der Waals surface area contributed by atoms with Gasteiger partial charge in [0.2, 0.25) is 11.8 Å². The molecule has 2 unspecified atom stereocenters. The first-order valence-corrected chi connectivity index (χ1v) is 11.4. The Morgan fingerprint density at radius 2 is 1.88 bits per heavy atom. The number of hydrogen-bond donors (Lipinski definition) is 3. The lowest BCUT2D eigenvalue weighted by Gasteiger charge is -2.45. The minimum absolute atomic E-state index is 0.0273. The number of pyridine rings is 1. The van der Waals surface area contributed by atoms with Gasteiger partial charge in [-0.15, -0.1) is 0 Å². The van der Waals surface area contributed by atoms with Gasteiger partial charge in [-0.2, -0.15) is 13.2 Å². The van der Waals surface area contributed by atoms with Crippen molar-refractivity contribution >= 4 is 23.7 Å². The number of nitrogen functional groups attached to an aromatic ring is 1. The number of aromatic nitrogens is 1. The largest absolute Gasteiger partial charge is 0.408 e. The van der Waals surface area contributed by atoms with Gasteiger partial charge in [0.05, 0.1) is 5.92 Å². The molecule has 33 heavy (non-hydrogen) atoms. The summed E-state index contributed by atoms with van der Waals surface area (Å²) >= 11 is 0. The van der Waals surface area contributed by atoms with Crippen LogP contribution in [0.2, 0.25) is 0 Å². The molecule has 0 spiro atoms. The van der Waals surface area contributed by atoms with E-state index in [2.05, 4.69) is 10.3 Å². The zero-order valence-electron chi connectivity index (χ0n) is 18.1. The quantitative estimate of drug-likeness (QED) is 0.556. The number of nitrogens with two attached hydrogens (primary N) is 1. The maximum atomic E-state index is 13.8. The van der Waals surface area contributed by atoms with Crippen LogP contribution in [-0.2, 0) is 16.0 Å². The van der Waals surface area contributed by atoms with E-state index in [-0.39, 0.29) is 18.3 Å². The summed E-state index contributed by atoms with van der Waals surface area (Å²) < 4.78 is 41.3. The number of nitrogens with zero attached hydrogens (tertiary/aromatic N) is 2. The van der Waals surface area contributed by atoms with Crippen LogP contribution in [0.15, 0.2) is 18.3 Å². The molecule has 4 N–H and O–H groups in total. The Labute approximate surface area is 189 Å². The average molecular weight is 467 g/mol. The first kappa shape index (κ1) is 23.3. The Morgan fingerprint density at radius 3 is 2.48 bits per heavy atom. The molecule has 3 atom stereocenters. The summed E-state index contributed by atoms with van der Waals surface area (Å²) in [5.41, 5.74) is 6.34. The first-order chi connectivity index (χ1) is 15.6. The lowest BCUT2D eigenvalue weighted by molar-refractivity contribution is -0.170. The fraction of sp³-hybridized carbons (Fsp3) is 0.636. The Balaban J connectivity index is 1.51. The second kappa shape index (κ2) is 9.18. The van der Waals surface area contributed by atoms with Crippen LogP contribution in [0.25, 0.3) is 0 Å². The molecular formula is C22H28F3N5O3. The van der Waals surface area contributed by atoms with Crippen LogP contribution in [0.4, 0.5) is 23.8 Å². The molecule has 2 saturated carbocycles. The molecule has 1 aromatic rings. The van der Waals surface area contributed by atoms with Gasteiger partial charge in [-0.3, -0.25) is 14.5 Å². The van der Waals surface area contributed by atoms with Gasteiger partial charge >= 0.3 is 12.2 Å². The summed E-state index contributed by atoms with van der Waals surface area (Å²) in [6.45, 7) is 0. The minimum Gasteiger partial charge on any atom is -0.384 e. The number of likely N-dealkylation sites (tertiary alicyclic amines) is 1. The molecular weight excluding hydrogens is 439 g/mol. The maximum Gasteiger partial charge on any atom is 0.408 e. The van der Waals surface area contributed by atoms with Gasteiger partial charge in [0.1, 0.15) is 17.9 Å². The number of alkyl halides is 3. The summed E-state index contributed by atoms with van der Waals surface area (Å²) in [7, 11) is 0. The van der Waals surface area contributed by atoms with E-state index in [1.807, 2.05) is 5.32 Å². The van der Waals surface area contributed by atoms with Crippen LogP contribution in [0, 0.1) is 11.8 Å². The van der Waals surface area contributed by atoms with Crippen LogP contribution in [0.1, 0.15) is 50.5 Å². The van der Waals surface area contributed by atoms with Gasteiger partial charge in [0.15, 0.2) is 0 Å². The van der Waals surface area contributed by atoms with Crippen LogP contribution < -0.4 is 16.4 Å². The topological polar surface area (TPSA) is 117 Å². The van der Waals surface area contributed by atoms with E-state index >= 15 is 0 Å². The summed E-state index contributed by atoms with van der Waals surface area (Å²) in [4.78, 5) is 43.1. The molecule has 1 saturated heterocycles. The third-order valence-electron chi connectivity index (χ3n) is 6.68. The number of nitrogens with one attached hydrogen (secondary N) is 2. The van der Waals surface area contributed by atoms with Crippen molar-refractivity contribution < 1.29 is 27.6 Å². The van der Waals surface area contributed by atoms with E-state index in [9.17, 15) is 27.6 Å². The number of halogens is 3. The Bertz CT molecular complexity index is 915. The van der Waals surface area contributed by atoms with E-state index in [1.54, 1.807) is 12.1 Å². The van der Waals surface area contributed by atoms with Gasteiger partial charge in [-0.1, -0.05) is 19.3 Å². The number of carbonyl (C=O) groups excluding carboxylic acids is 3. The fourth-order valence-corrected chi connectivity index (χ4v) is 4.80. The predicted octanol–water partition coefficient (Wildman–Crippen LogP) is 2.53. The summed E-state index contributed by atoms with van der Waals surface area (Å²) in [6.07, 6.45) is 1.45. The molecule has 1 aromatic heterocycles. The van der Waals surface area contributed by atoms with Crippen molar-refractivity contribution in [2.45, 2.75) is 75.7 Å². The molecule has 8 nitrogen and oxygen atoms in total. The van der Waals surface area contributed by atoms with Gasteiger partial charge in [0.25, 0.3) is 0 Å². The molecule has 0 bridgehead atoms. The number of carbonyl (C=O) groups is 3. The number of imide groups is 1. The summed E-state index contributed by atoms with van der Waals surface area (Å²) in [5, 5.41) is 4.80. The molecule has 4 rings (SSSR count). The molecule has 2 aliphatic carbocycles. The van der Waals surface area contributed by atoms with Crippen LogP contribution in [0.5, 0.6) is 0 Å². The molecule has 3 fully saturated rings. The predicted molar refractivity (Wildman–Crippen MR) is 113 cm³/mol. The van der Waals surface area contributed by atoms with Gasteiger partial charge in [-0.05, 0) is 55.7 Å². The second-order valence-corrected chi connectivity index (χ2v) is 9.20.